The van der Waals surface area contributed by atoms with E-state index in [9.17, 15) is 19.2 Å². The van der Waals surface area contributed by atoms with Crippen LogP contribution in [0.2, 0.25) is 0 Å². The van der Waals surface area contributed by atoms with Crippen LogP contribution in [0.15, 0.2) is 30.2 Å². The number of esters is 1. The van der Waals surface area contributed by atoms with E-state index < -0.39 is 34.8 Å². The Balaban J connectivity index is 0.00000199. The minimum absolute atomic E-state index is 0.114. The highest BCUT2D eigenvalue weighted by molar-refractivity contribution is 5.95. The number of nitrogens with zero attached hydrogens (tertiary/aromatic N) is 2. The molecule has 1 saturated carbocycles. The SMILES string of the molecule is C=C.CNn1ccc(=O)c(OOC(=O)OC2(CC(=O)OC)CCCC2)c1C(=O)N1CCOCC1. The summed E-state index contributed by atoms with van der Waals surface area (Å²) in [7, 11) is 2.80. The molecule has 1 aromatic rings. The zero-order valence-corrected chi connectivity index (χ0v) is 19.5. The molecule has 0 aromatic carbocycles. The number of methoxy groups -OCH3 is 1. The Labute approximate surface area is 197 Å². The van der Waals surface area contributed by atoms with Crippen molar-refractivity contribution in [2.75, 3.05) is 45.9 Å². The highest BCUT2D eigenvalue weighted by Gasteiger charge is 2.41. The first-order valence-electron chi connectivity index (χ1n) is 10.8. The first kappa shape index (κ1) is 26.7. The number of ether oxygens (including phenoxy) is 3. The zero-order chi connectivity index (χ0) is 25.1. The lowest BCUT2D eigenvalue weighted by Crippen LogP contribution is -2.43. The molecule has 1 aliphatic heterocycles. The normalized spacial score (nSPS) is 16.5. The fourth-order valence-electron chi connectivity index (χ4n) is 3.84. The minimum Gasteiger partial charge on any atom is -0.469 e. The van der Waals surface area contributed by atoms with Crippen LogP contribution in [0.4, 0.5) is 4.79 Å². The van der Waals surface area contributed by atoms with Gasteiger partial charge in [-0.25, -0.2) is 4.89 Å². The van der Waals surface area contributed by atoms with Gasteiger partial charge in [0, 0.05) is 32.4 Å². The third kappa shape index (κ3) is 6.50. The summed E-state index contributed by atoms with van der Waals surface area (Å²) >= 11 is 0. The number of carbonyl (C=O) groups is 3. The van der Waals surface area contributed by atoms with Crippen molar-refractivity contribution in [2.24, 2.45) is 0 Å². The largest absolute Gasteiger partial charge is 0.550 e. The van der Waals surface area contributed by atoms with Crippen molar-refractivity contribution in [2.45, 2.75) is 37.7 Å². The van der Waals surface area contributed by atoms with Gasteiger partial charge in [0.1, 0.15) is 5.60 Å². The number of amides is 1. The van der Waals surface area contributed by atoms with Gasteiger partial charge in [-0.15, -0.1) is 13.2 Å². The van der Waals surface area contributed by atoms with Crippen LogP contribution in [0.1, 0.15) is 42.6 Å². The number of carbonyl (C=O) groups excluding carboxylic acids is 3. The quantitative estimate of drug-likeness (QED) is 0.265. The van der Waals surface area contributed by atoms with Crippen LogP contribution < -0.4 is 15.7 Å². The van der Waals surface area contributed by atoms with E-state index in [1.807, 2.05) is 0 Å². The summed E-state index contributed by atoms with van der Waals surface area (Å²) in [6.07, 6.45) is 2.51. The summed E-state index contributed by atoms with van der Waals surface area (Å²) in [5, 5.41) is 0. The molecule has 1 aromatic heterocycles. The summed E-state index contributed by atoms with van der Waals surface area (Å²) < 4.78 is 16.6. The van der Waals surface area contributed by atoms with Crippen molar-refractivity contribution in [1.29, 1.82) is 0 Å². The molecule has 34 heavy (non-hydrogen) atoms. The van der Waals surface area contributed by atoms with E-state index in [1.54, 1.807) is 7.05 Å². The predicted molar refractivity (Wildman–Crippen MR) is 120 cm³/mol. The Morgan fingerprint density at radius 1 is 1.18 bits per heavy atom. The fourth-order valence-corrected chi connectivity index (χ4v) is 3.84. The van der Waals surface area contributed by atoms with E-state index in [0.717, 1.165) is 18.9 Å². The standard InChI is InChI=1S/C20H27N3O9.C2H4/c1-21-23-8-5-14(24)17(16(23)18(26)22-9-11-29-12-10-22)31-32-19(27)30-20(6-3-4-7-20)13-15(25)28-2;1-2/h5,8,21H,3-4,6-7,9-13H2,1-2H3;1-2H2. The summed E-state index contributed by atoms with van der Waals surface area (Å²) in [5.74, 6) is -1.48. The number of pyridine rings is 1. The van der Waals surface area contributed by atoms with Crippen LogP contribution in [0.25, 0.3) is 0 Å². The van der Waals surface area contributed by atoms with Gasteiger partial charge in [-0.1, -0.05) is 0 Å². The van der Waals surface area contributed by atoms with Gasteiger partial charge in [0.25, 0.3) is 11.7 Å². The molecular formula is C22H31N3O9. The Morgan fingerprint density at radius 2 is 1.82 bits per heavy atom. The van der Waals surface area contributed by atoms with Crippen LogP contribution in [0.3, 0.4) is 0 Å². The van der Waals surface area contributed by atoms with Crippen LogP contribution in [0, 0.1) is 0 Å². The molecule has 2 aliphatic rings. The molecule has 0 spiro atoms. The predicted octanol–water partition coefficient (Wildman–Crippen LogP) is 1.62. The average molecular weight is 482 g/mol. The van der Waals surface area contributed by atoms with Gasteiger partial charge in [-0.05, 0) is 25.7 Å². The number of morpholine rings is 1. The van der Waals surface area contributed by atoms with Crippen LogP contribution in [0.5, 0.6) is 5.75 Å². The number of hydrogen-bond donors (Lipinski definition) is 1. The number of hydrogen-bond acceptors (Lipinski definition) is 10. The van der Waals surface area contributed by atoms with E-state index in [-0.39, 0.29) is 12.1 Å². The molecule has 0 unspecified atom stereocenters. The van der Waals surface area contributed by atoms with Gasteiger partial charge < -0.3 is 24.5 Å². The smallest absolute Gasteiger partial charge is 0.469 e. The van der Waals surface area contributed by atoms with Crippen molar-refractivity contribution < 1.29 is 38.4 Å². The third-order valence-corrected chi connectivity index (χ3v) is 5.50. The molecule has 2 heterocycles. The Bertz CT molecular complexity index is 919. The zero-order valence-electron chi connectivity index (χ0n) is 19.5. The third-order valence-electron chi connectivity index (χ3n) is 5.50. The molecule has 2 fully saturated rings. The molecule has 1 saturated heterocycles. The summed E-state index contributed by atoms with van der Waals surface area (Å²) in [6.45, 7) is 7.40. The molecule has 1 N–H and O–H groups in total. The van der Waals surface area contributed by atoms with Gasteiger partial charge in [0.05, 0.1) is 26.7 Å². The molecule has 1 amide bonds. The van der Waals surface area contributed by atoms with Gasteiger partial charge >= 0.3 is 12.1 Å². The monoisotopic (exact) mass is 481 g/mol. The Morgan fingerprint density at radius 3 is 2.41 bits per heavy atom. The maximum atomic E-state index is 13.0. The van der Waals surface area contributed by atoms with E-state index in [4.69, 9.17) is 19.2 Å². The highest BCUT2D eigenvalue weighted by atomic mass is 17.2. The average Bonchev–Trinajstić information content (AvgIpc) is 3.31. The summed E-state index contributed by atoms with van der Waals surface area (Å²) in [4.78, 5) is 60.8. The molecule has 3 rings (SSSR count). The summed E-state index contributed by atoms with van der Waals surface area (Å²) in [6, 6.07) is 1.16. The van der Waals surface area contributed by atoms with Crippen LogP contribution >= 0.6 is 0 Å². The molecule has 12 heteroatoms. The van der Waals surface area contributed by atoms with E-state index in [1.165, 1.54) is 22.9 Å². The maximum absolute atomic E-state index is 13.0. The van der Waals surface area contributed by atoms with Crippen molar-refractivity contribution in [3.05, 3.63) is 41.3 Å². The van der Waals surface area contributed by atoms with Crippen molar-refractivity contribution >= 4 is 18.0 Å². The molecular weight excluding hydrogens is 450 g/mol. The molecule has 0 radical (unpaired) electrons. The minimum atomic E-state index is -1.22. The molecule has 188 valence electrons. The molecule has 12 nitrogen and oxygen atoms in total. The van der Waals surface area contributed by atoms with E-state index in [2.05, 4.69) is 23.3 Å². The lowest BCUT2D eigenvalue weighted by molar-refractivity contribution is -0.188. The van der Waals surface area contributed by atoms with Gasteiger partial charge in [0.2, 0.25) is 5.43 Å². The lowest BCUT2D eigenvalue weighted by atomic mass is 9.98. The number of nitrogens with one attached hydrogen (secondary N) is 1. The molecule has 1 aliphatic carbocycles. The first-order valence-corrected chi connectivity index (χ1v) is 10.8. The lowest BCUT2D eigenvalue weighted by Gasteiger charge is -2.28. The van der Waals surface area contributed by atoms with Crippen LogP contribution in [-0.4, -0.2) is 73.7 Å². The second kappa shape index (κ2) is 12.6. The highest BCUT2D eigenvalue weighted by Crippen LogP contribution is 2.37. The maximum Gasteiger partial charge on any atom is 0.550 e. The first-order chi connectivity index (χ1) is 16.4. The summed E-state index contributed by atoms with van der Waals surface area (Å²) in [5.41, 5.74) is 0.906. The van der Waals surface area contributed by atoms with E-state index in [0.29, 0.717) is 39.1 Å². The fraction of sp³-hybridized carbons (Fsp3) is 0.545. The molecule has 0 atom stereocenters. The van der Waals surface area contributed by atoms with Crippen molar-refractivity contribution in [3.63, 3.8) is 0 Å². The number of aromatic nitrogens is 1. The Kier molecular flexibility index (Phi) is 9.92. The van der Waals surface area contributed by atoms with Gasteiger partial charge in [-0.3, -0.25) is 23.9 Å². The topological polar surface area (TPSA) is 135 Å². The van der Waals surface area contributed by atoms with Crippen LogP contribution in [-0.2, 0) is 23.9 Å². The van der Waals surface area contributed by atoms with Gasteiger partial charge in [-0.2, -0.15) is 4.79 Å². The Hall–Kier alpha value is -3.54. The van der Waals surface area contributed by atoms with E-state index >= 15 is 0 Å². The van der Waals surface area contributed by atoms with Crippen molar-refractivity contribution in [3.8, 4) is 5.75 Å². The molecule has 0 bridgehead atoms. The second-order valence-electron chi connectivity index (χ2n) is 7.52. The number of rotatable bonds is 7. The van der Waals surface area contributed by atoms with Gasteiger partial charge in [0.15, 0.2) is 5.69 Å². The second-order valence-corrected chi connectivity index (χ2v) is 7.52. The van der Waals surface area contributed by atoms with Crippen molar-refractivity contribution in [1.82, 2.24) is 9.58 Å².